The highest BCUT2D eigenvalue weighted by atomic mass is 16.5. The lowest BCUT2D eigenvalue weighted by Gasteiger charge is -2.09. The highest BCUT2D eigenvalue weighted by Gasteiger charge is 2.11. The Morgan fingerprint density at radius 2 is 1.90 bits per heavy atom. The summed E-state index contributed by atoms with van der Waals surface area (Å²) in [5.74, 6) is -0.254. The van der Waals surface area contributed by atoms with Crippen LogP contribution < -0.4 is 16.6 Å². The topological polar surface area (TPSA) is 93.2 Å². The maximum Gasteiger partial charge on any atom is 0.328 e. The van der Waals surface area contributed by atoms with Crippen molar-refractivity contribution >= 4 is 16.8 Å². The van der Waals surface area contributed by atoms with Crippen LogP contribution in [0.5, 0.6) is 0 Å². The molecule has 2 N–H and O–H groups in total. The Labute approximate surface area is 174 Å². The van der Waals surface area contributed by atoms with Gasteiger partial charge < -0.3 is 15.0 Å². The number of carbonyl (C=O) groups is 1. The van der Waals surface area contributed by atoms with Crippen molar-refractivity contribution in [1.82, 2.24) is 14.9 Å². The first kappa shape index (κ1) is 21.5. The van der Waals surface area contributed by atoms with Crippen LogP contribution in [0.15, 0.2) is 58.1 Å². The molecule has 0 fully saturated rings. The average Bonchev–Trinajstić information content (AvgIpc) is 2.73. The highest BCUT2D eigenvalue weighted by molar-refractivity contribution is 5.97. The van der Waals surface area contributed by atoms with Gasteiger partial charge in [-0.05, 0) is 50.5 Å². The molecule has 0 unspecified atom stereocenters. The van der Waals surface area contributed by atoms with E-state index in [2.05, 4.69) is 10.3 Å². The van der Waals surface area contributed by atoms with Crippen molar-refractivity contribution in [1.29, 1.82) is 0 Å². The summed E-state index contributed by atoms with van der Waals surface area (Å²) in [5, 5.41) is 3.20. The number of ether oxygens (including phenoxy) is 1. The van der Waals surface area contributed by atoms with E-state index in [1.165, 1.54) is 4.57 Å². The van der Waals surface area contributed by atoms with Crippen LogP contribution in [0.4, 0.5) is 0 Å². The number of hydrogen-bond acceptors (Lipinski definition) is 4. The van der Waals surface area contributed by atoms with Crippen LogP contribution in [0.3, 0.4) is 0 Å². The Kier molecular flexibility index (Phi) is 7.19. The molecule has 1 heterocycles. The summed E-state index contributed by atoms with van der Waals surface area (Å²) in [5.41, 5.74) is 0.963. The van der Waals surface area contributed by atoms with Crippen LogP contribution in [0.2, 0.25) is 0 Å². The molecule has 2 aromatic carbocycles. The van der Waals surface area contributed by atoms with Crippen molar-refractivity contribution in [2.75, 3.05) is 13.2 Å². The number of H-pyrrole nitrogens is 1. The van der Waals surface area contributed by atoms with Gasteiger partial charge in [-0.3, -0.25) is 14.2 Å². The Morgan fingerprint density at radius 3 is 2.63 bits per heavy atom. The molecular weight excluding hydrogens is 382 g/mol. The molecule has 0 aliphatic carbocycles. The van der Waals surface area contributed by atoms with Gasteiger partial charge >= 0.3 is 5.69 Å². The van der Waals surface area contributed by atoms with Gasteiger partial charge in [0.1, 0.15) is 0 Å². The lowest BCUT2D eigenvalue weighted by atomic mass is 10.1. The maximum atomic E-state index is 12.8. The standard InChI is InChI=1S/C23H27N3O4/c1-16(2)30-14-6-12-24-21(27)18-9-10-19-20(15-18)25-23(29)26(22(19)28)13-11-17-7-4-3-5-8-17/h3-5,7-10,15-16H,6,11-14H2,1-2H3,(H,24,27)(H,25,29). The van der Waals surface area contributed by atoms with Crippen molar-refractivity contribution in [3.05, 3.63) is 80.5 Å². The summed E-state index contributed by atoms with van der Waals surface area (Å²) in [6, 6.07) is 14.4. The van der Waals surface area contributed by atoms with E-state index < -0.39 is 5.69 Å². The number of aryl methyl sites for hydroxylation is 1. The quantitative estimate of drug-likeness (QED) is 0.531. The fraction of sp³-hybridized carbons (Fsp3) is 0.348. The van der Waals surface area contributed by atoms with Gasteiger partial charge in [-0.15, -0.1) is 0 Å². The first-order valence-electron chi connectivity index (χ1n) is 10.2. The van der Waals surface area contributed by atoms with Gasteiger partial charge in [-0.25, -0.2) is 4.79 Å². The third-order valence-corrected chi connectivity index (χ3v) is 4.77. The number of rotatable bonds is 9. The summed E-state index contributed by atoms with van der Waals surface area (Å²) >= 11 is 0. The molecular formula is C23H27N3O4. The van der Waals surface area contributed by atoms with Gasteiger partial charge in [-0.2, -0.15) is 0 Å². The van der Waals surface area contributed by atoms with E-state index in [9.17, 15) is 14.4 Å². The van der Waals surface area contributed by atoms with Crippen molar-refractivity contribution in [2.24, 2.45) is 0 Å². The summed E-state index contributed by atoms with van der Waals surface area (Å²) in [6.07, 6.45) is 1.45. The third kappa shape index (κ3) is 5.45. The number of carbonyl (C=O) groups excluding carboxylic acids is 1. The van der Waals surface area contributed by atoms with E-state index in [0.29, 0.717) is 42.5 Å². The molecule has 1 amide bonds. The van der Waals surface area contributed by atoms with Crippen LogP contribution in [-0.4, -0.2) is 34.7 Å². The Hall–Kier alpha value is -3.19. The lowest BCUT2D eigenvalue weighted by Crippen LogP contribution is -2.35. The number of nitrogens with one attached hydrogen (secondary N) is 2. The minimum absolute atomic E-state index is 0.162. The summed E-state index contributed by atoms with van der Waals surface area (Å²) in [4.78, 5) is 40.3. The molecule has 7 nitrogen and oxygen atoms in total. The molecule has 0 radical (unpaired) electrons. The van der Waals surface area contributed by atoms with Crippen LogP contribution in [0.1, 0.15) is 36.2 Å². The molecule has 7 heteroatoms. The minimum atomic E-state index is -0.480. The van der Waals surface area contributed by atoms with Gasteiger partial charge in [-0.1, -0.05) is 30.3 Å². The molecule has 3 aromatic rings. The highest BCUT2D eigenvalue weighted by Crippen LogP contribution is 2.10. The summed E-state index contributed by atoms with van der Waals surface area (Å²) in [6.45, 7) is 5.27. The Balaban J connectivity index is 1.72. The predicted octanol–water partition coefficient (Wildman–Crippen LogP) is 2.48. The zero-order valence-corrected chi connectivity index (χ0v) is 17.3. The van der Waals surface area contributed by atoms with Crippen molar-refractivity contribution < 1.29 is 9.53 Å². The molecule has 0 saturated heterocycles. The number of fused-ring (bicyclic) bond motifs is 1. The molecule has 0 aliphatic heterocycles. The molecule has 3 rings (SSSR count). The SMILES string of the molecule is CC(C)OCCCNC(=O)c1ccc2c(=O)n(CCc3ccccc3)c(=O)[nH]c2c1. The van der Waals surface area contributed by atoms with E-state index in [-0.39, 0.29) is 24.1 Å². The van der Waals surface area contributed by atoms with Crippen molar-refractivity contribution in [2.45, 2.75) is 39.3 Å². The fourth-order valence-corrected chi connectivity index (χ4v) is 3.18. The maximum absolute atomic E-state index is 12.8. The monoisotopic (exact) mass is 409 g/mol. The second-order valence-electron chi connectivity index (χ2n) is 7.41. The minimum Gasteiger partial charge on any atom is -0.379 e. The van der Waals surface area contributed by atoms with E-state index >= 15 is 0 Å². The van der Waals surface area contributed by atoms with Gasteiger partial charge in [0, 0.05) is 25.3 Å². The molecule has 158 valence electrons. The van der Waals surface area contributed by atoms with Gasteiger partial charge in [0.2, 0.25) is 0 Å². The largest absolute Gasteiger partial charge is 0.379 e. The number of aromatic nitrogens is 2. The number of amides is 1. The van der Waals surface area contributed by atoms with Crippen molar-refractivity contribution in [3.63, 3.8) is 0 Å². The number of hydrogen-bond donors (Lipinski definition) is 2. The Morgan fingerprint density at radius 1 is 1.13 bits per heavy atom. The van der Waals surface area contributed by atoms with Crippen molar-refractivity contribution in [3.8, 4) is 0 Å². The first-order valence-corrected chi connectivity index (χ1v) is 10.2. The first-order chi connectivity index (χ1) is 14.5. The second kappa shape index (κ2) is 10.0. The normalized spacial score (nSPS) is 11.2. The number of nitrogens with zero attached hydrogens (tertiary/aromatic N) is 1. The van der Waals surface area contributed by atoms with Crippen LogP contribution in [-0.2, 0) is 17.7 Å². The second-order valence-corrected chi connectivity index (χ2v) is 7.41. The van der Waals surface area contributed by atoms with E-state index in [0.717, 1.165) is 5.56 Å². The number of aromatic amines is 1. The lowest BCUT2D eigenvalue weighted by molar-refractivity contribution is 0.0757. The summed E-state index contributed by atoms with van der Waals surface area (Å²) in [7, 11) is 0. The van der Waals surface area contributed by atoms with Crippen LogP contribution in [0.25, 0.3) is 10.9 Å². The zero-order chi connectivity index (χ0) is 21.5. The summed E-state index contributed by atoms with van der Waals surface area (Å²) < 4.78 is 6.64. The molecule has 0 atom stereocenters. The fourth-order valence-electron chi connectivity index (χ4n) is 3.18. The third-order valence-electron chi connectivity index (χ3n) is 4.77. The average molecular weight is 409 g/mol. The molecule has 0 spiro atoms. The molecule has 0 bridgehead atoms. The van der Waals surface area contributed by atoms with E-state index in [1.807, 2.05) is 44.2 Å². The Bertz CT molecular complexity index is 1120. The van der Waals surface area contributed by atoms with E-state index in [1.54, 1.807) is 18.2 Å². The molecule has 0 aliphatic rings. The smallest absolute Gasteiger partial charge is 0.328 e. The van der Waals surface area contributed by atoms with Crippen LogP contribution in [0, 0.1) is 0 Å². The van der Waals surface area contributed by atoms with Gasteiger partial charge in [0.25, 0.3) is 11.5 Å². The molecule has 1 aromatic heterocycles. The van der Waals surface area contributed by atoms with Crippen LogP contribution >= 0.6 is 0 Å². The number of benzene rings is 2. The molecule has 30 heavy (non-hydrogen) atoms. The van der Waals surface area contributed by atoms with E-state index in [4.69, 9.17) is 4.74 Å². The van der Waals surface area contributed by atoms with Gasteiger partial charge in [0.15, 0.2) is 0 Å². The predicted molar refractivity (Wildman–Crippen MR) is 117 cm³/mol. The zero-order valence-electron chi connectivity index (χ0n) is 17.3. The van der Waals surface area contributed by atoms with Gasteiger partial charge in [0.05, 0.1) is 17.0 Å². The molecule has 0 saturated carbocycles.